The van der Waals surface area contributed by atoms with E-state index in [2.05, 4.69) is 5.43 Å². The Labute approximate surface area is 59.3 Å². The highest BCUT2D eigenvalue weighted by molar-refractivity contribution is 5.10. The summed E-state index contributed by atoms with van der Waals surface area (Å²) < 4.78 is 0. The molecule has 0 fully saturated rings. The van der Waals surface area contributed by atoms with Crippen molar-refractivity contribution in [3.8, 4) is 0 Å². The topological polar surface area (TPSA) is 44.7 Å². The van der Waals surface area contributed by atoms with E-state index < -0.39 is 0 Å². The van der Waals surface area contributed by atoms with Crippen LogP contribution in [0.5, 0.6) is 0 Å². The predicted molar refractivity (Wildman–Crippen MR) is 36.5 cm³/mol. The minimum absolute atomic E-state index is 0.173. The number of nitrogens with zero attached hydrogens (tertiary/aromatic N) is 1. The molecular weight excluding hydrogens is 132 g/mol. The van der Waals surface area contributed by atoms with Crippen molar-refractivity contribution in [1.29, 1.82) is 0 Å². The van der Waals surface area contributed by atoms with Crippen LogP contribution in [0.4, 0.5) is 0 Å². The molecule has 10 heavy (non-hydrogen) atoms. The molecule has 0 aromatic heterocycles. The quantitative estimate of drug-likeness (QED) is 0.594. The molecule has 1 rings (SSSR count). The molecule has 0 unspecified atom stereocenters. The molecular formula is C6H10N2O2. The van der Waals surface area contributed by atoms with E-state index in [9.17, 15) is 0 Å². The van der Waals surface area contributed by atoms with Gasteiger partial charge in [-0.15, -0.1) is 0 Å². The van der Waals surface area contributed by atoms with Crippen LogP contribution in [-0.4, -0.2) is 16.9 Å². The minimum atomic E-state index is 0.173. The van der Waals surface area contributed by atoms with Crippen LogP contribution in [0.3, 0.4) is 0 Å². The molecule has 1 heterocycles. The molecule has 4 heteroatoms. The van der Waals surface area contributed by atoms with Gasteiger partial charge < -0.3 is 5.11 Å². The number of hydroxylamine groups is 1. The molecule has 0 saturated heterocycles. The lowest BCUT2D eigenvalue weighted by Crippen LogP contribution is -2.31. The van der Waals surface area contributed by atoms with Gasteiger partial charge in [0.25, 0.3) is 0 Å². The second kappa shape index (κ2) is 3.12. The monoisotopic (exact) mass is 142 g/mol. The van der Waals surface area contributed by atoms with Gasteiger partial charge in [-0.05, 0) is 13.0 Å². The molecule has 0 bridgehead atoms. The highest BCUT2D eigenvalue weighted by Crippen LogP contribution is 1.99. The molecule has 0 atom stereocenters. The number of allylic oxidation sites excluding steroid dienone is 1. The van der Waals surface area contributed by atoms with Crippen molar-refractivity contribution in [2.24, 2.45) is 0 Å². The van der Waals surface area contributed by atoms with Crippen LogP contribution in [0.1, 0.15) is 6.92 Å². The molecule has 0 spiro atoms. The van der Waals surface area contributed by atoms with Crippen molar-refractivity contribution in [3.63, 3.8) is 0 Å². The van der Waals surface area contributed by atoms with E-state index in [4.69, 9.17) is 9.94 Å². The van der Waals surface area contributed by atoms with Crippen LogP contribution < -0.4 is 5.43 Å². The Morgan fingerprint density at radius 1 is 1.80 bits per heavy atom. The zero-order valence-corrected chi connectivity index (χ0v) is 5.74. The summed E-state index contributed by atoms with van der Waals surface area (Å²) in [5, 5.41) is 10.3. The zero-order valence-electron chi connectivity index (χ0n) is 5.74. The molecule has 2 N–H and O–H groups in total. The number of hydrazine groups is 1. The first kappa shape index (κ1) is 6.95. The lowest BCUT2D eigenvalue weighted by molar-refractivity contribution is -0.145. The number of aliphatic hydroxyl groups excluding tert-OH is 1. The third-order valence-electron chi connectivity index (χ3n) is 0.974. The third-order valence-corrected chi connectivity index (χ3v) is 0.974. The van der Waals surface area contributed by atoms with Crippen LogP contribution >= 0.6 is 0 Å². The highest BCUT2D eigenvalue weighted by Gasteiger charge is 2.00. The van der Waals surface area contributed by atoms with E-state index in [1.54, 1.807) is 6.20 Å². The molecule has 0 aromatic carbocycles. The summed E-state index contributed by atoms with van der Waals surface area (Å²) in [6.45, 7) is 2.43. The van der Waals surface area contributed by atoms with E-state index in [-0.39, 0.29) is 5.76 Å². The average Bonchev–Trinajstić information content (AvgIpc) is 1.88. The fourth-order valence-corrected chi connectivity index (χ4v) is 0.610. The number of hydrogen-bond donors (Lipinski definition) is 2. The Bertz CT molecular complexity index is 165. The Balaban J connectivity index is 2.43. The van der Waals surface area contributed by atoms with Gasteiger partial charge in [0.15, 0.2) is 0 Å². The number of rotatable bonds is 2. The van der Waals surface area contributed by atoms with E-state index in [0.29, 0.717) is 6.61 Å². The van der Waals surface area contributed by atoms with Gasteiger partial charge in [0, 0.05) is 6.20 Å². The minimum Gasteiger partial charge on any atom is -0.506 e. The summed E-state index contributed by atoms with van der Waals surface area (Å²) in [4.78, 5) is 4.99. The Hall–Kier alpha value is -1.16. The summed E-state index contributed by atoms with van der Waals surface area (Å²) >= 11 is 0. The first-order valence-electron chi connectivity index (χ1n) is 3.08. The van der Waals surface area contributed by atoms with E-state index in [0.717, 1.165) is 0 Å². The summed E-state index contributed by atoms with van der Waals surface area (Å²) in [6, 6.07) is 0. The number of nitrogens with one attached hydrogen (secondary N) is 1. The summed E-state index contributed by atoms with van der Waals surface area (Å²) in [5.41, 5.74) is 2.74. The molecule has 0 aromatic rings. The normalized spacial score (nSPS) is 16.5. The molecule has 0 amide bonds. The van der Waals surface area contributed by atoms with Crippen LogP contribution in [-0.2, 0) is 4.84 Å². The van der Waals surface area contributed by atoms with Crippen LogP contribution in [0.2, 0.25) is 0 Å². The Morgan fingerprint density at radius 3 is 3.20 bits per heavy atom. The lowest BCUT2D eigenvalue weighted by atomic mass is 10.5. The SMILES string of the molecule is CCON1C=C(O)C=CN1. The van der Waals surface area contributed by atoms with Gasteiger partial charge in [0.2, 0.25) is 0 Å². The van der Waals surface area contributed by atoms with E-state index in [1.807, 2.05) is 6.92 Å². The summed E-state index contributed by atoms with van der Waals surface area (Å²) in [6.07, 6.45) is 4.57. The predicted octanol–water partition coefficient (Wildman–Crippen LogP) is 0.671. The maximum absolute atomic E-state index is 8.92. The van der Waals surface area contributed by atoms with Crippen LogP contribution in [0, 0.1) is 0 Å². The Morgan fingerprint density at radius 2 is 2.60 bits per heavy atom. The van der Waals surface area contributed by atoms with Crippen molar-refractivity contribution in [1.82, 2.24) is 10.6 Å². The van der Waals surface area contributed by atoms with Crippen molar-refractivity contribution in [3.05, 3.63) is 24.2 Å². The smallest absolute Gasteiger partial charge is 0.137 e. The van der Waals surface area contributed by atoms with Crippen LogP contribution in [0.15, 0.2) is 24.2 Å². The second-order valence-electron chi connectivity index (χ2n) is 1.76. The number of hydrogen-bond acceptors (Lipinski definition) is 4. The van der Waals surface area contributed by atoms with Crippen LogP contribution in [0.25, 0.3) is 0 Å². The second-order valence-corrected chi connectivity index (χ2v) is 1.76. The largest absolute Gasteiger partial charge is 0.506 e. The first-order valence-corrected chi connectivity index (χ1v) is 3.08. The van der Waals surface area contributed by atoms with E-state index >= 15 is 0 Å². The maximum Gasteiger partial charge on any atom is 0.137 e. The van der Waals surface area contributed by atoms with Gasteiger partial charge in [0.1, 0.15) is 5.76 Å². The van der Waals surface area contributed by atoms with Crippen molar-refractivity contribution in [2.75, 3.05) is 6.61 Å². The summed E-state index contributed by atoms with van der Waals surface area (Å²) in [7, 11) is 0. The zero-order chi connectivity index (χ0) is 7.40. The van der Waals surface area contributed by atoms with E-state index in [1.165, 1.54) is 17.4 Å². The number of aliphatic hydroxyl groups is 1. The Kier molecular flexibility index (Phi) is 2.17. The molecule has 0 radical (unpaired) electrons. The standard InChI is InChI=1S/C6H10N2O2/c1-2-10-8-5-6(9)3-4-7-8/h3-5,7,9H,2H2,1H3. The van der Waals surface area contributed by atoms with Gasteiger partial charge in [0.05, 0.1) is 12.8 Å². The lowest BCUT2D eigenvalue weighted by Gasteiger charge is -2.20. The molecule has 4 nitrogen and oxygen atoms in total. The molecule has 0 saturated carbocycles. The first-order chi connectivity index (χ1) is 4.83. The average molecular weight is 142 g/mol. The van der Waals surface area contributed by atoms with Gasteiger partial charge in [-0.3, -0.25) is 10.3 Å². The van der Waals surface area contributed by atoms with Gasteiger partial charge in [-0.2, -0.15) is 5.17 Å². The van der Waals surface area contributed by atoms with Gasteiger partial charge in [-0.1, -0.05) is 0 Å². The molecule has 56 valence electrons. The van der Waals surface area contributed by atoms with Gasteiger partial charge in [-0.25, -0.2) is 0 Å². The fraction of sp³-hybridized carbons (Fsp3) is 0.333. The van der Waals surface area contributed by atoms with Gasteiger partial charge >= 0.3 is 0 Å². The molecule has 1 aliphatic heterocycles. The molecule has 1 aliphatic rings. The van der Waals surface area contributed by atoms with Crippen molar-refractivity contribution < 1.29 is 9.94 Å². The van der Waals surface area contributed by atoms with Crippen molar-refractivity contribution in [2.45, 2.75) is 6.92 Å². The van der Waals surface area contributed by atoms with Crippen molar-refractivity contribution >= 4 is 0 Å². The highest BCUT2D eigenvalue weighted by atomic mass is 16.7. The fourth-order valence-electron chi connectivity index (χ4n) is 0.610. The maximum atomic E-state index is 8.92. The molecule has 0 aliphatic carbocycles. The third kappa shape index (κ3) is 1.66. The summed E-state index contributed by atoms with van der Waals surface area (Å²) in [5.74, 6) is 0.173.